The number of aromatic amines is 1. The van der Waals surface area contributed by atoms with Crippen LogP contribution < -0.4 is 4.74 Å². The minimum atomic E-state index is -0.650. The number of carbonyl (C=O) groups is 2. The van der Waals surface area contributed by atoms with Gasteiger partial charge in [-0.15, -0.1) is 0 Å². The van der Waals surface area contributed by atoms with Crippen LogP contribution in [0, 0.1) is 0 Å². The van der Waals surface area contributed by atoms with Crippen molar-refractivity contribution < 1.29 is 28.9 Å². The van der Waals surface area contributed by atoms with Crippen LogP contribution in [0.5, 0.6) is 11.5 Å². The van der Waals surface area contributed by atoms with Gasteiger partial charge < -0.3 is 39.0 Å². The number of benzene rings is 2. The Hall–Kier alpha value is -4.58. The lowest BCUT2D eigenvalue weighted by Gasteiger charge is -2.48. The largest absolute Gasteiger partial charge is 0.504 e. The summed E-state index contributed by atoms with van der Waals surface area (Å²) in [5.74, 6) is 1.07. The fourth-order valence-corrected chi connectivity index (χ4v) is 8.00. The van der Waals surface area contributed by atoms with Gasteiger partial charge in [0.05, 0.1) is 33.0 Å². The molecule has 0 spiro atoms. The fourth-order valence-electron chi connectivity index (χ4n) is 8.00. The van der Waals surface area contributed by atoms with Gasteiger partial charge in [-0.05, 0) is 68.3 Å². The highest BCUT2D eigenvalue weighted by atomic mass is 16.5. The van der Waals surface area contributed by atoms with Crippen molar-refractivity contribution in [2.24, 2.45) is 0 Å². The van der Waals surface area contributed by atoms with Gasteiger partial charge in [0.25, 0.3) is 0 Å². The number of phenolic OH excluding ortho intramolecular Hbond substituents is 1. The highest BCUT2D eigenvalue weighted by Gasteiger charge is 2.49. The van der Waals surface area contributed by atoms with Crippen LogP contribution in [-0.2, 0) is 25.5 Å². The molecule has 11 heteroatoms. The average Bonchev–Trinajstić information content (AvgIpc) is 3.36. The Kier molecular flexibility index (Phi) is 10.5. The number of phenols is 1. The van der Waals surface area contributed by atoms with Gasteiger partial charge in [-0.1, -0.05) is 42.0 Å². The first-order valence-electron chi connectivity index (χ1n) is 18.1. The van der Waals surface area contributed by atoms with Crippen molar-refractivity contribution in [3.8, 4) is 11.5 Å². The Labute approximate surface area is 299 Å². The Balaban J connectivity index is 1.02. The fraction of sp³-hybridized carbons (Fsp3) is 0.450. The highest BCUT2D eigenvalue weighted by Crippen LogP contribution is 2.44. The van der Waals surface area contributed by atoms with E-state index >= 15 is 0 Å². The summed E-state index contributed by atoms with van der Waals surface area (Å²) in [6.07, 6.45) is 10.6. The van der Waals surface area contributed by atoms with Crippen molar-refractivity contribution in [3.05, 3.63) is 94.9 Å². The molecule has 2 N–H and O–H groups in total. The van der Waals surface area contributed by atoms with E-state index in [0.29, 0.717) is 25.3 Å². The lowest BCUT2D eigenvalue weighted by molar-refractivity contribution is -0.160. The number of hydrogen-bond donors (Lipinski definition) is 2. The van der Waals surface area contributed by atoms with Crippen LogP contribution in [0.4, 0.5) is 0 Å². The number of amides is 2. The minimum absolute atomic E-state index is 0.00598. The number of morpholine rings is 1. The van der Waals surface area contributed by atoms with E-state index in [9.17, 15) is 14.7 Å². The van der Waals surface area contributed by atoms with Crippen LogP contribution in [0.3, 0.4) is 0 Å². The van der Waals surface area contributed by atoms with Crippen LogP contribution in [0.1, 0.15) is 42.6 Å². The molecule has 2 aromatic carbocycles. The Bertz CT molecular complexity index is 1840. The second kappa shape index (κ2) is 15.3. The minimum Gasteiger partial charge on any atom is -0.504 e. The molecule has 2 fully saturated rings. The van der Waals surface area contributed by atoms with E-state index in [1.807, 2.05) is 25.1 Å². The molecule has 3 unspecified atom stereocenters. The number of aromatic nitrogens is 1. The second-order valence-electron chi connectivity index (χ2n) is 14.1. The second-order valence-corrected chi connectivity index (χ2v) is 14.1. The first kappa shape index (κ1) is 34.9. The first-order valence-corrected chi connectivity index (χ1v) is 18.1. The topological polar surface area (TPSA) is 111 Å². The zero-order valence-corrected chi connectivity index (χ0v) is 29.8. The van der Waals surface area contributed by atoms with Gasteiger partial charge in [0.1, 0.15) is 18.3 Å². The molecule has 4 heterocycles. The summed E-state index contributed by atoms with van der Waals surface area (Å²) in [5, 5.41) is 11.4. The molecule has 0 bridgehead atoms. The van der Waals surface area contributed by atoms with Crippen molar-refractivity contribution in [1.82, 2.24) is 24.6 Å². The summed E-state index contributed by atoms with van der Waals surface area (Å²) in [5.41, 5.74) is 4.92. The van der Waals surface area contributed by atoms with Gasteiger partial charge in [0.15, 0.2) is 11.5 Å². The molecule has 0 saturated carbocycles. The molecule has 7 rings (SSSR count). The van der Waals surface area contributed by atoms with Gasteiger partial charge in [-0.3, -0.25) is 14.5 Å². The maximum Gasteiger partial charge on any atom is 0.246 e. The predicted octanol–water partition coefficient (Wildman–Crippen LogP) is 4.40. The third-order valence-electron chi connectivity index (χ3n) is 10.5. The first-order chi connectivity index (χ1) is 24.8. The third kappa shape index (κ3) is 7.42. The maximum atomic E-state index is 14.4. The standard InChI is InChI=1S/C40H49N5O6/c1-27(24-42(2)25-28-8-6-9-30(14-12-28)51-19-7-16-43-17-20-50-21-18-43)44-26-37(47)45-34(40(44)48)23-32-31-10-4-5-11-33(31)41-38(32)39(45)29-13-15-35(46)36(22-29)49-3/h4-6,9-15,22,27,34,39,41,46H,7-8,16-21,23-26H2,1-3H3. The molecule has 270 valence electrons. The SMILES string of the molecule is COc1cc(C2c3[nH]c4ccccc4c3CC3C(=O)N(C(C)CN(C)CC4=CC=C(OCCCN5CCOCC5)C=CC4)CC(=O)N32)ccc1O. The summed E-state index contributed by atoms with van der Waals surface area (Å²) >= 11 is 0. The number of nitrogens with one attached hydrogen (secondary N) is 1. The molecule has 3 aliphatic heterocycles. The van der Waals surface area contributed by atoms with E-state index in [1.54, 1.807) is 28.0 Å². The lowest BCUT2D eigenvalue weighted by atomic mass is 9.86. The molecule has 3 aromatic rings. The van der Waals surface area contributed by atoms with E-state index in [2.05, 4.69) is 52.2 Å². The Morgan fingerprint density at radius 2 is 1.94 bits per heavy atom. The summed E-state index contributed by atoms with van der Waals surface area (Å²) in [6.45, 7) is 8.71. The van der Waals surface area contributed by atoms with Crippen molar-refractivity contribution in [2.45, 2.75) is 44.3 Å². The molecule has 1 aromatic heterocycles. The van der Waals surface area contributed by atoms with Crippen molar-refractivity contribution in [3.63, 3.8) is 0 Å². The molecule has 2 amide bonds. The van der Waals surface area contributed by atoms with E-state index in [4.69, 9.17) is 14.2 Å². The van der Waals surface area contributed by atoms with Crippen LogP contribution in [0.15, 0.2) is 78.1 Å². The predicted molar refractivity (Wildman–Crippen MR) is 196 cm³/mol. The van der Waals surface area contributed by atoms with E-state index in [1.165, 1.54) is 12.7 Å². The molecule has 51 heavy (non-hydrogen) atoms. The number of allylic oxidation sites excluding steroid dienone is 4. The van der Waals surface area contributed by atoms with Gasteiger partial charge in [-0.2, -0.15) is 0 Å². The van der Waals surface area contributed by atoms with Crippen LogP contribution in [-0.4, -0.2) is 127 Å². The number of hydrogen-bond acceptors (Lipinski definition) is 8. The third-order valence-corrected chi connectivity index (χ3v) is 10.5. The molecular weight excluding hydrogens is 646 g/mol. The number of H-pyrrole nitrogens is 1. The summed E-state index contributed by atoms with van der Waals surface area (Å²) in [6, 6.07) is 11.8. The molecular formula is C40H49N5O6. The van der Waals surface area contributed by atoms with E-state index in [-0.39, 0.29) is 30.2 Å². The van der Waals surface area contributed by atoms with Gasteiger partial charge in [0.2, 0.25) is 11.8 Å². The van der Waals surface area contributed by atoms with E-state index in [0.717, 1.165) is 85.7 Å². The number of rotatable bonds is 12. The number of ether oxygens (including phenoxy) is 3. The molecule has 2 saturated heterocycles. The van der Waals surface area contributed by atoms with E-state index < -0.39 is 12.1 Å². The summed E-state index contributed by atoms with van der Waals surface area (Å²) < 4.78 is 16.9. The number of para-hydroxylation sites is 1. The number of piperazine rings is 1. The van der Waals surface area contributed by atoms with Crippen molar-refractivity contribution in [1.29, 1.82) is 0 Å². The zero-order valence-electron chi connectivity index (χ0n) is 29.8. The van der Waals surface area contributed by atoms with Gasteiger partial charge in [-0.25, -0.2) is 0 Å². The molecule has 4 aliphatic rings. The molecule has 0 radical (unpaired) electrons. The number of fused-ring (bicyclic) bond motifs is 4. The lowest BCUT2D eigenvalue weighted by Crippen LogP contribution is -2.65. The number of likely N-dealkylation sites (N-methyl/N-ethyl adjacent to an activating group) is 1. The monoisotopic (exact) mass is 695 g/mol. The highest BCUT2D eigenvalue weighted by molar-refractivity contribution is 5.98. The molecule has 11 nitrogen and oxygen atoms in total. The normalized spacial score (nSPS) is 21.6. The van der Waals surface area contributed by atoms with Crippen molar-refractivity contribution in [2.75, 3.05) is 73.2 Å². The maximum absolute atomic E-state index is 14.4. The number of methoxy groups -OCH3 is 1. The van der Waals surface area contributed by atoms with Crippen LogP contribution in [0.2, 0.25) is 0 Å². The Morgan fingerprint density at radius 3 is 2.76 bits per heavy atom. The number of nitrogens with zero attached hydrogens (tertiary/aromatic N) is 4. The zero-order chi connectivity index (χ0) is 35.5. The van der Waals surface area contributed by atoms with Crippen LogP contribution >= 0.6 is 0 Å². The van der Waals surface area contributed by atoms with Crippen LogP contribution in [0.25, 0.3) is 10.9 Å². The van der Waals surface area contributed by atoms with Gasteiger partial charge >= 0.3 is 0 Å². The molecule has 3 atom stereocenters. The number of carbonyl (C=O) groups excluding carboxylic acids is 2. The quantitative estimate of drug-likeness (QED) is 0.269. The smallest absolute Gasteiger partial charge is 0.246 e. The number of aromatic hydroxyl groups is 1. The van der Waals surface area contributed by atoms with Gasteiger partial charge in [0, 0.05) is 61.8 Å². The van der Waals surface area contributed by atoms with Crippen molar-refractivity contribution >= 4 is 22.7 Å². The summed E-state index contributed by atoms with van der Waals surface area (Å²) in [7, 11) is 3.57. The average molecular weight is 696 g/mol. The summed E-state index contributed by atoms with van der Waals surface area (Å²) in [4.78, 5) is 40.3. The Morgan fingerprint density at radius 1 is 1.12 bits per heavy atom. The molecule has 1 aliphatic carbocycles.